The predicted molar refractivity (Wildman–Crippen MR) is 82.0 cm³/mol. The van der Waals surface area contributed by atoms with Crippen molar-refractivity contribution in [3.8, 4) is 11.8 Å². The summed E-state index contributed by atoms with van der Waals surface area (Å²) in [7, 11) is 0. The standard InChI is InChI=1S/C18H12S/c1-2-6-16-8-4-5-9-18(16)17(7-3-1)11-10-15-12-13-19-14-15/h2-5,7-9,12-14H,6H2. The average Bonchev–Trinajstić information content (AvgIpc) is 2.92. The van der Waals surface area contributed by atoms with Crippen molar-refractivity contribution in [3.05, 3.63) is 81.7 Å². The Morgan fingerprint density at radius 1 is 1.11 bits per heavy atom. The molecule has 0 amide bonds. The third-order valence-corrected chi connectivity index (χ3v) is 3.64. The summed E-state index contributed by atoms with van der Waals surface area (Å²) in [5.41, 5.74) is 7.81. The molecule has 1 aliphatic carbocycles. The lowest BCUT2D eigenvalue weighted by molar-refractivity contribution is 1.25. The van der Waals surface area contributed by atoms with E-state index in [1.54, 1.807) is 11.3 Å². The van der Waals surface area contributed by atoms with E-state index >= 15 is 0 Å². The fourth-order valence-electron chi connectivity index (χ4n) is 2.00. The monoisotopic (exact) mass is 260 g/mol. The van der Waals surface area contributed by atoms with Gasteiger partial charge in [-0.05, 0) is 47.2 Å². The molecule has 0 spiro atoms. The molecule has 0 saturated heterocycles. The quantitative estimate of drug-likeness (QED) is 0.485. The minimum absolute atomic E-state index is 0.907. The molecular weight excluding hydrogens is 248 g/mol. The van der Waals surface area contributed by atoms with Crippen molar-refractivity contribution in [3.63, 3.8) is 0 Å². The second-order valence-corrected chi connectivity index (χ2v) is 5.02. The number of allylic oxidation sites excluding steroid dienone is 3. The van der Waals surface area contributed by atoms with E-state index in [2.05, 4.69) is 53.3 Å². The van der Waals surface area contributed by atoms with Crippen LogP contribution in [0.3, 0.4) is 0 Å². The van der Waals surface area contributed by atoms with E-state index in [-0.39, 0.29) is 0 Å². The summed E-state index contributed by atoms with van der Waals surface area (Å²) in [5, 5.41) is 4.12. The second kappa shape index (κ2) is 5.59. The third-order valence-electron chi connectivity index (χ3n) is 2.96. The summed E-state index contributed by atoms with van der Waals surface area (Å²) in [6.45, 7) is 0. The van der Waals surface area contributed by atoms with Gasteiger partial charge in [-0.15, -0.1) is 5.73 Å². The smallest absolute Gasteiger partial charge is 0.0356 e. The molecule has 0 atom stereocenters. The van der Waals surface area contributed by atoms with Gasteiger partial charge in [-0.1, -0.05) is 36.1 Å². The Bertz CT molecular complexity index is 727. The molecule has 2 aromatic rings. The first kappa shape index (κ1) is 11.8. The van der Waals surface area contributed by atoms with Crippen LogP contribution in [0, 0.1) is 11.8 Å². The fraction of sp³-hybridized carbons (Fsp3) is 0.0556. The Balaban J connectivity index is 2.06. The van der Waals surface area contributed by atoms with Crippen LogP contribution in [0.1, 0.15) is 16.7 Å². The van der Waals surface area contributed by atoms with E-state index in [0.29, 0.717) is 0 Å². The van der Waals surface area contributed by atoms with Crippen LogP contribution < -0.4 is 0 Å². The van der Waals surface area contributed by atoms with Crippen molar-refractivity contribution in [2.24, 2.45) is 0 Å². The van der Waals surface area contributed by atoms with Gasteiger partial charge in [-0.2, -0.15) is 11.3 Å². The van der Waals surface area contributed by atoms with Gasteiger partial charge in [0, 0.05) is 16.5 Å². The minimum Gasteiger partial charge on any atom is -0.151 e. The molecule has 0 fully saturated rings. The maximum atomic E-state index is 3.28. The van der Waals surface area contributed by atoms with Crippen LogP contribution in [0.25, 0.3) is 5.57 Å². The van der Waals surface area contributed by atoms with Gasteiger partial charge in [-0.25, -0.2) is 0 Å². The molecule has 3 rings (SSSR count). The molecule has 0 radical (unpaired) electrons. The van der Waals surface area contributed by atoms with Crippen molar-refractivity contribution < 1.29 is 0 Å². The maximum Gasteiger partial charge on any atom is 0.0356 e. The van der Waals surface area contributed by atoms with Crippen molar-refractivity contribution in [1.29, 1.82) is 0 Å². The zero-order valence-corrected chi connectivity index (χ0v) is 11.2. The summed E-state index contributed by atoms with van der Waals surface area (Å²) >= 11 is 1.67. The molecule has 1 aliphatic rings. The predicted octanol–water partition coefficient (Wildman–Crippen LogP) is 4.45. The second-order valence-electron chi connectivity index (χ2n) is 4.24. The molecule has 0 N–H and O–H groups in total. The molecule has 0 unspecified atom stereocenters. The Morgan fingerprint density at radius 2 is 2.05 bits per heavy atom. The Hall–Kier alpha value is -2.26. The zero-order chi connectivity index (χ0) is 12.9. The highest BCUT2D eigenvalue weighted by Gasteiger charge is 2.04. The van der Waals surface area contributed by atoms with E-state index in [4.69, 9.17) is 0 Å². The van der Waals surface area contributed by atoms with Gasteiger partial charge >= 0.3 is 0 Å². The Morgan fingerprint density at radius 3 is 2.95 bits per heavy atom. The van der Waals surface area contributed by atoms with E-state index in [0.717, 1.165) is 17.6 Å². The molecule has 90 valence electrons. The highest BCUT2D eigenvalue weighted by molar-refractivity contribution is 7.08. The number of fused-ring (bicyclic) bond motifs is 1. The van der Waals surface area contributed by atoms with Crippen LogP contribution in [0.15, 0.2) is 65.1 Å². The van der Waals surface area contributed by atoms with Gasteiger partial charge in [0.2, 0.25) is 0 Å². The van der Waals surface area contributed by atoms with Crippen LogP contribution in [-0.2, 0) is 6.42 Å². The van der Waals surface area contributed by atoms with Crippen LogP contribution >= 0.6 is 11.3 Å². The van der Waals surface area contributed by atoms with Gasteiger partial charge in [0.1, 0.15) is 0 Å². The summed E-state index contributed by atoms with van der Waals surface area (Å²) in [5.74, 6) is 6.50. The molecule has 1 aromatic heterocycles. The van der Waals surface area contributed by atoms with Crippen LogP contribution in [0.2, 0.25) is 0 Å². The van der Waals surface area contributed by atoms with E-state index in [9.17, 15) is 0 Å². The molecule has 0 saturated carbocycles. The molecule has 19 heavy (non-hydrogen) atoms. The highest BCUT2D eigenvalue weighted by Crippen LogP contribution is 2.21. The van der Waals surface area contributed by atoms with Gasteiger partial charge in [0.15, 0.2) is 0 Å². The van der Waals surface area contributed by atoms with Crippen molar-refractivity contribution in [1.82, 2.24) is 0 Å². The molecular formula is C18H12S. The first-order valence-electron chi connectivity index (χ1n) is 6.17. The highest BCUT2D eigenvalue weighted by atomic mass is 32.1. The minimum atomic E-state index is 0.907. The number of benzene rings is 1. The van der Waals surface area contributed by atoms with Gasteiger partial charge in [0.25, 0.3) is 0 Å². The van der Waals surface area contributed by atoms with Gasteiger partial charge in [0.05, 0.1) is 0 Å². The maximum absolute atomic E-state index is 3.28. The van der Waals surface area contributed by atoms with E-state index in [1.165, 1.54) is 11.1 Å². The largest absolute Gasteiger partial charge is 0.151 e. The molecule has 1 aromatic carbocycles. The number of rotatable bonds is 0. The summed E-state index contributed by atoms with van der Waals surface area (Å²) in [4.78, 5) is 0. The lowest BCUT2D eigenvalue weighted by Crippen LogP contribution is -1.92. The van der Waals surface area contributed by atoms with Crippen molar-refractivity contribution in [2.45, 2.75) is 6.42 Å². The number of hydrogen-bond donors (Lipinski definition) is 0. The van der Waals surface area contributed by atoms with Crippen LogP contribution in [0.4, 0.5) is 0 Å². The SMILES string of the molecule is C1=CC=C(C#Cc2ccsc2)c2ccccc2CC=1. The number of thiophene rings is 1. The molecule has 0 nitrogen and oxygen atoms in total. The van der Waals surface area contributed by atoms with Crippen LogP contribution in [0.5, 0.6) is 0 Å². The van der Waals surface area contributed by atoms with E-state index < -0.39 is 0 Å². The topological polar surface area (TPSA) is 0 Å². The molecule has 0 bridgehead atoms. The fourth-order valence-corrected chi connectivity index (χ4v) is 2.59. The van der Waals surface area contributed by atoms with Crippen molar-refractivity contribution in [2.75, 3.05) is 0 Å². The number of hydrogen-bond acceptors (Lipinski definition) is 1. The Labute approximate surface area is 117 Å². The summed E-state index contributed by atoms with van der Waals surface area (Å²) < 4.78 is 0. The van der Waals surface area contributed by atoms with Gasteiger partial charge in [-0.3, -0.25) is 0 Å². The third kappa shape index (κ3) is 2.77. The molecule has 1 heterocycles. The first-order chi connectivity index (χ1) is 9.43. The zero-order valence-electron chi connectivity index (χ0n) is 10.4. The molecule has 0 aliphatic heterocycles. The van der Waals surface area contributed by atoms with Crippen LogP contribution in [-0.4, -0.2) is 0 Å². The summed E-state index contributed by atoms with van der Waals surface area (Å²) in [6, 6.07) is 10.5. The lowest BCUT2D eigenvalue weighted by atomic mass is 9.96. The van der Waals surface area contributed by atoms with Crippen molar-refractivity contribution >= 4 is 16.9 Å². The lowest BCUT2D eigenvalue weighted by Gasteiger charge is -2.07. The van der Waals surface area contributed by atoms with E-state index in [1.807, 2.05) is 23.6 Å². The average molecular weight is 260 g/mol. The first-order valence-corrected chi connectivity index (χ1v) is 7.11. The summed E-state index contributed by atoms with van der Waals surface area (Å²) in [6.07, 6.45) is 6.93. The van der Waals surface area contributed by atoms with Gasteiger partial charge < -0.3 is 0 Å². The molecule has 1 heteroatoms. The normalized spacial score (nSPS) is 12.7. The Kier molecular flexibility index (Phi) is 3.47.